The zero-order valence-corrected chi connectivity index (χ0v) is 16.1. The van der Waals surface area contributed by atoms with Crippen LogP contribution in [0.4, 0.5) is 5.69 Å². The normalized spacial score (nSPS) is 11.5. The largest absolute Gasteiger partial charge is 0.508 e. The van der Waals surface area contributed by atoms with E-state index in [1.54, 1.807) is 24.3 Å². The molecule has 4 heteroatoms. The molecular formula is C24H27NO3. The van der Waals surface area contributed by atoms with Gasteiger partial charge in [0, 0.05) is 17.7 Å². The van der Waals surface area contributed by atoms with Crippen molar-refractivity contribution in [2.75, 3.05) is 18.9 Å². The number of rotatable bonds is 8. The first kappa shape index (κ1) is 19.8. The molecule has 0 fully saturated rings. The number of nitrogens with two attached hydrogens (primary N) is 1. The summed E-state index contributed by atoms with van der Waals surface area (Å²) in [4.78, 5) is 0. The van der Waals surface area contributed by atoms with Gasteiger partial charge in [0.1, 0.15) is 11.5 Å². The average molecular weight is 377 g/mol. The van der Waals surface area contributed by atoms with Gasteiger partial charge in [-0.25, -0.2) is 0 Å². The molecule has 0 bridgehead atoms. The second kappa shape index (κ2) is 8.81. The lowest BCUT2D eigenvalue weighted by atomic mass is 9.74. The van der Waals surface area contributed by atoms with Crippen LogP contribution in [0.2, 0.25) is 0 Å². The van der Waals surface area contributed by atoms with E-state index in [-0.39, 0.29) is 16.9 Å². The topological polar surface area (TPSA) is 75.7 Å². The number of phenolic OH excluding ortho intramolecular Hbond substituents is 2. The SMILES string of the molecule is CC(CCOCCc1ccc(N)cc1)(c1ccc(O)cc1)c1ccc(O)cc1. The van der Waals surface area contributed by atoms with Gasteiger partial charge < -0.3 is 20.7 Å². The number of hydrogen-bond acceptors (Lipinski definition) is 4. The van der Waals surface area contributed by atoms with Gasteiger partial charge in [0.2, 0.25) is 0 Å². The minimum absolute atomic E-state index is 0.247. The number of hydrogen-bond donors (Lipinski definition) is 3. The molecule has 28 heavy (non-hydrogen) atoms. The van der Waals surface area contributed by atoms with Crippen LogP contribution >= 0.6 is 0 Å². The fourth-order valence-corrected chi connectivity index (χ4v) is 3.37. The summed E-state index contributed by atoms with van der Waals surface area (Å²) in [6, 6.07) is 22.4. The number of aromatic hydroxyl groups is 2. The van der Waals surface area contributed by atoms with Crippen LogP contribution in [0.3, 0.4) is 0 Å². The Morgan fingerprint density at radius 2 is 1.25 bits per heavy atom. The van der Waals surface area contributed by atoms with Gasteiger partial charge in [-0.05, 0) is 65.9 Å². The van der Waals surface area contributed by atoms with Crippen molar-refractivity contribution in [3.8, 4) is 11.5 Å². The van der Waals surface area contributed by atoms with Gasteiger partial charge >= 0.3 is 0 Å². The first-order chi connectivity index (χ1) is 13.5. The molecule has 4 N–H and O–H groups in total. The number of benzene rings is 3. The van der Waals surface area contributed by atoms with Crippen LogP contribution in [0.25, 0.3) is 0 Å². The Balaban J connectivity index is 1.66. The first-order valence-corrected chi connectivity index (χ1v) is 9.48. The molecule has 0 aromatic heterocycles. The third-order valence-electron chi connectivity index (χ3n) is 5.27. The Morgan fingerprint density at radius 1 is 0.750 bits per heavy atom. The number of phenols is 2. The van der Waals surface area contributed by atoms with Gasteiger partial charge in [-0.15, -0.1) is 0 Å². The van der Waals surface area contributed by atoms with Crippen LogP contribution in [0, 0.1) is 0 Å². The molecule has 0 aliphatic rings. The maximum absolute atomic E-state index is 9.64. The van der Waals surface area contributed by atoms with Crippen LogP contribution in [-0.2, 0) is 16.6 Å². The number of ether oxygens (including phenoxy) is 1. The molecule has 0 atom stereocenters. The summed E-state index contributed by atoms with van der Waals surface area (Å²) in [7, 11) is 0. The summed E-state index contributed by atoms with van der Waals surface area (Å²) in [5, 5.41) is 19.3. The van der Waals surface area contributed by atoms with Gasteiger partial charge in [0.25, 0.3) is 0 Å². The molecule has 0 saturated carbocycles. The lowest BCUT2D eigenvalue weighted by molar-refractivity contribution is 0.123. The lowest BCUT2D eigenvalue weighted by Gasteiger charge is -2.31. The molecule has 4 nitrogen and oxygen atoms in total. The fraction of sp³-hybridized carbons (Fsp3) is 0.250. The van der Waals surface area contributed by atoms with E-state index in [0.29, 0.717) is 13.2 Å². The number of anilines is 1. The zero-order chi connectivity index (χ0) is 20.0. The molecule has 0 aliphatic carbocycles. The monoisotopic (exact) mass is 377 g/mol. The Labute approximate surface area is 166 Å². The predicted octanol–water partition coefficient (Wildman–Crippen LogP) is 4.64. The van der Waals surface area contributed by atoms with E-state index >= 15 is 0 Å². The van der Waals surface area contributed by atoms with E-state index in [1.807, 2.05) is 48.5 Å². The van der Waals surface area contributed by atoms with Crippen molar-refractivity contribution in [3.05, 3.63) is 89.5 Å². The fourth-order valence-electron chi connectivity index (χ4n) is 3.37. The average Bonchev–Trinajstić information content (AvgIpc) is 2.70. The minimum atomic E-state index is -0.289. The summed E-state index contributed by atoms with van der Waals surface area (Å²) in [5.41, 5.74) is 9.59. The Morgan fingerprint density at radius 3 is 1.75 bits per heavy atom. The standard InChI is InChI=1S/C24H27NO3/c1-24(19-4-10-22(26)11-5-19,20-6-12-23(27)13-7-20)15-17-28-16-14-18-2-8-21(25)9-3-18/h2-13,26-27H,14-17,25H2,1H3. The second-order valence-electron chi connectivity index (χ2n) is 7.28. The smallest absolute Gasteiger partial charge is 0.115 e. The van der Waals surface area contributed by atoms with Crippen molar-refractivity contribution in [3.63, 3.8) is 0 Å². The van der Waals surface area contributed by atoms with Crippen LogP contribution in [-0.4, -0.2) is 23.4 Å². The summed E-state index contributed by atoms with van der Waals surface area (Å²) < 4.78 is 5.92. The third-order valence-corrected chi connectivity index (χ3v) is 5.27. The summed E-state index contributed by atoms with van der Waals surface area (Å²) in [6.45, 7) is 3.41. The molecule has 0 aliphatic heterocycles. The van der Waals surface area contributed by atoms with E-state index in [4.69, 9.17) is 10.5 Å². The van der Waals surface area contributed by atoms with Crippen molar-refractivity contribution >= 4 is 5.69 Å². The molecule has 0 radical (unpaired) electrons. The van der Waals surface area contributed by atoms with E-state index in [2.05, 4.69) is 6.92 Å². The van der Waals surface area contributed by atoms with Crippen molar-refractivity contribution in [2.24, 2.45) is 0 Å². The van der Waals surface area contributed by atoms with Crippen LogP contribution in [0.5, 0.6) is 11.5 Å². The molecule has 3 aromatic rings. The quantitative estimate of drug-likeness (QED) is 0.395. The van der Waals surface area contributed by atoms with E-state index in [9.17, 15) is 10.2 Å². The summed E-state index contributed by atoms with van der Waals surface area (Å²) in [6.07, 6.45) is 1.62. The molecule has 0 amide bonds. The van der Waals surface area contributed by atoms with Crippen molar-refractivity contribution in [1.82, 2.24) is 0 Å². The molecular weight excluding hydrogens is 350 g/mol. The molecule has 0 saturated heterocycles. The number of nitrogen functional groups attached to an aromatic ring is 1. The Bertz CT molecular complexity index is 826. The van der Waals surface area contributed by atoms with Crippen molar-refractivity contribution < 1.29 is 14.9 Å². The first-order valence-electron chi connectivity index (χ1n) is 9.48. The van der Waals surface area contributed by atoms with Crippen LogP contribution in [0.1, 0.15) is 30.0 Å². The summed E-state index contributed by atoms with van der Waals surface area (Å²) >= 11 is 0. The predicted molar refractivity (Wildman–Crippen MR) is 113 cm³/mol. The Hall–Kier alpha value is -2.98. The zero-order valence-electron chi connectivity index (χ0n) is 16.1. The van der Waals surface area contributed by atoms with Crippen molar-refractivity contribution in [2.45, 2.75) is 25.2 Å². The molecule has 146 valence electrons. The highest BCUT2D eigenvalue weighted by Gasteiger charge is 2.28. The van der Waals surface area contributed by atoms with E-state index < -0.39 is 0 Å². The lowest BCUT2D eigenvalue weighted by Crippen LogP contribution is -2.26. The van der Waals surface area contributed by atoms with Gasteiger partial charge in [-0.3, -0.25) is 0 Å². The second-order valence-corrected chi connectivity index (χ2v) is 7.28. The van der Waals surface area contributed by atoms with Gasteiger partial charge in [-0.1, -0.05) is 43.3 Å². The van der Waals surface area contributed by atoms with Crippen molar-refractivity contribution in [1.29, 1.82) is 0 Å². The third kappa shape index (κ3) is 4.84. The summed E-state index contributed by atoms with van der Waals surface area (Å²) in [5.74, 6) is 0.494. The highest BCUT2D eigenvalue weighted by atomic mass is 16.5. The molecule has 3 rings (SSSR count). The highest BCUT2D eigenvalue weighted by Crippen LogP contribution is 2.36. The van der Waals surface area contributed by atoms with E-state index in [0.717, 1.165) is 29.7 Å². The maximum atomic E-state index is 9.64. The minimum Gasteiger partial charge on any atom is -0.508 e. The van der Waals surface area contributed by atoms with Gasteiger partial charge in [-0.2, -0.15) is 0 Å². The molecule has 0 unspecified atom stereocenters. The van der Waals surface area contributed by atoms with Gasteiger partial charge in [0.05, 0.1) is 6.61 Å². The highest BCUT2D eigenvalue weighted by molar-refractivity contribution is 5.42. The van der Waals surface area contributed by atoms with Crippen LogP contribution < -0.4 is 5.73 Å². The molecule has 3 aromatic carbocycles. The van der Waals surface area contributed by atoms with E-state index in [1.165, 1.54) is 5.56 Å². The Kier molecular flexibility index (Phi) is 6.22. The molecule has 0 heterocycles. The van der Waals surface area contributed by atoms with Gasteiger partial charge in [0.15, 0.2) is 0 Å². The van der Waals surface area contributed by atoms with Crippen LogP contribution in [0.15, 0.2) is 72.8 Å². The molecule has 0 spiro atoms. The maximum Gasteiger partial charge on any atom is 0.115 e.